The van der Waals surface area contributed by atoms with Gasteiger partial charge in [-0.25, -0.2) is 4.79 Å². The molecule has 0 unspecified atom stereocenters. The van der Waals surface area contributed by atoms with Crippen LogP contribution in [-0.4, -0.2) is 22.7 Å². The quantitative estimate of drug-likeness (QED) is 0.723. The van der Waals surface area contributed by atoms with E-state index in [1.165, 1.54) is 0 Å². The van der Waals surface area contributed by atoms with Crippen molar-refractivity contribution in [3.8, 4) is 5.75 Å². The molecule has 4 heteroatoms. The van der Waals surface area contributed by atoms with Crippen molar-refractivity contribution in [2.75, 3.05) is 6.61 Å². The fourth-order valence-corrected chi connectivity index (χ4v) is 2.56. The minimum Gasteiger partial charge on any atom is -0.508 e. The van der Waals surface area contributed by atoms with Crippen LogP contribution in [0.4, 0.5) is 0 Å². The highest BCUT2D eigenvalue weighted by Gasteiger charge is 2.17. The number of fused-ring (bicyclic) bond motifs is 1. The van der Waals surface area contributed by atoms with Crippen molar-refractivity contribution in [3.05, 3.63) is 65.4 Å². The minimum absolute atomic E-state index is 0.129. The number of ether oxygens (including phenoxy) is 1. The number of carbonyl (C=O) groups excluding carboxylic acids is 1. The van der Waals surface area contributed by atoms with Crippen LogP contribution < -0.4 is 0 Å². The van der Waals surface area contributed by atoms with E-state index in [2.05, 4.69) is 4.98 Å². The van der Waals surface area contributed by atoms with E-state index >= 15 is 0 Å². The zero-order valence-corrected chi connectivity index (χ0v) is 12.3. The molecule has 2 N–H and O–H groups in total. The molecule has 3 rings (SSSR count). The lowest BCUT2D eigenvalue weighted by atomic mass is 10.1. The SMILES string of the molecule is Cc1[nH]c2ccc(O)cc2c1C(=O)OCCc1ccccc1. The number of aromatic hydroxyl groups is 1. The van der Waals surface area contributed by atoms with E-state index in [1.54, 1.807) is 18.2 Å². The Morgan fingerprint density at radius 2 is 1.95 bits per heavy atom. The van der Waals surface area contributed by atoms with Gasteiger partial charge in [-0.2, -0.15) is 0 Å². The molecule has 0 radical (unpaired) electrons. The van der Waals surface area contributed by atoms with E-state index < -0.39 is 0 Å². The fraction of sp³-hybridized carbons (Fsp3) is 0.167. The Balaban J connectivity index is 1.75. The first-order valence-electron chi connectivity index (χ1n) is 7.17. The second-order valence-corrected chi connectivity index (χ2v) is 5.23. The third kappa shape index (κ3) is 2.81. The summed E-state index contributed by atoms with van der Waals surface area (Å²) in [6.07, 6.45) is 0.680. The van der Waals surface area contributed by atoms with Crippen LogP contribution in [0.3, 0.4) is 0 Å². The molecule has 0 saturated carbocycles. The fourth-order valence-electron chi connectivity index (χ4n) is 2.56. The molecular weight excluding hydrogens is 278 g/mol. The predicted octanol–water partition coefficient (Wildman–Crippen LogP) is 3.58. The number of aromatic nitrogens is 1. The number of hydrogen-bond donors (Lipinski definition) is 2. The number of aryl methyl sites for hydroxylation is 1. The van der Waals surface area contributed by atoms with E-state index in [9.17, 15) is 9.90 Å². The molecule has 22 heavy (non-hydrogen) atoms. The predicted molar refractivity (Wildman–Crippen MR) is 85.1 cm³/mol. The number of hydrogen-bond acceptors (Lipinski definition) is 3. The van der Waals surface area contributed by atoms with Crippen molar-refractivity contribution in [1.29, 1.82) is 0 Å². The molecule has 0 atom stereocenters. The molecule has 0 fully saturated rings. The van der Waals surface area contributed by atoms with Crippen molar-refractivity contribution < 1.29 is 14.6 Å². The van der Waals surface area contributed by atoms with Gasteiger partial charge in [-0.1, -0.05) is 30.3 Å². The van der Waals surface area contributed by atoms with Gasteiger partial charge < -0.3 is 14.8 Å². The Kier molecular flexibility index (Phi) is 3.83. The highest BCUT2D eigenvalue weighted by Crippen LogP contribution is 2.26. The maximum Gasteiger partial charge on any atom is 0.340 e. The van der Waals surface area contributed by atoms with Crippen molar-refractivity contribution >= 4 is 16.9 Å². The Labute approximate surface area is 128 Å². The first-order chi connectivity index (χ1) is 10.6. The number of phenolic OH excluding ortho intramolecular Hbond substituents is 1. The van der Waals surface area contributed by atoms with Crippen LogP contribution in [0.5, 0.6) is 5.75 Å². The standard InChI is InChI=1S/C18H17NO3/c1-12-17(15-11-14(20)7-8-16(15)19-12)18(21)22-10-9-13-5-3-2-4-6-13/h2-8,11,19-20H,9-10H2,1H3. The summed E-state index contributed by atoms with van der Waals surface area (Å²) in [6.45, 7) is 2.15. The summed E-state index contributed by atoms with van der Waals surface area (Å²) < 4.78 is 5.38. The second-order valence-electron chi connectivity index (χ2n) is 5.23. The second kappa shape index (κ2) is 5.93. The average Bonchev–Trinajstić information content (AvgIpc) is 2.83. The molecule has 0 aliphatic heterocycles. The van der Waals surface area contributed by atoms with Gasteiger partial charge in [0.15, 0.2) is 0 Å². The largest absolute Gasteiger partial charge is 0.508 e. The Hall–Kier alpha value is -2.75. The molecule has 0 bridgehead atoms. The smallest absolute Gasteiger partial charge is 0.340 e. The van der Waals surface area contributed by atoms with E-state index in [-0.39, 0.29) is 11.7 Å². The summed E-state index contributed by atoms with van der Waals surface area (Å²) in [5.41, 5.74) is 3.16. The van der Waals surface area contributed by atoms with Crippen molar-refractivity contribution in [2.24, 2.45) is 0 Å². The van der Waals surface area contributed by atoms with Crippen molar-refractivity contribution in [1.82, 2.24) is 4.98 Å². The number of phenols is 1. The van der Waals surface area contributed by atoms with Gasteiger partial charge in [-0.05, 0) is 30.7 Å². The number of rotatable bonds is 4. The Bertz CT molecular complexity index is 806. The first-order valence-corrected chi connectivity index (χ1v) is 7.17. The van der Waals surface area contributed by atoms with Gasteiger partial charge in [0.1, 0.15) is 5.75 Å². The van der Waals surface area contributed by atoms with Crippen LogP contribution in [-0.2, 0) is 11.2 Å². The molecule has 1 heterocycles. The highest BCUT2D eigenvalue weighted by atomic mass is 16.5. The summed E-state index contributed by atoms with van der Waals surface area (Å²) in [5.74, 6) is -0.241. The molecule has 112 valence electrons. The molecular formula is C18H17NO3. The summed E-state index contributed by atoms with van der Waals surface area (Å²) >= 11 is 0. The van der Waals surface area contributed by atoms with Gasteiger partial charge in [0.2, 0.25) is 0 Å². The summed E-state index contributed by atoms with van der Waals surface area (Å²) in [7, 11) is 0. The molecule has 1 aromatic heterocycles. The molecule has 4 nitrogen and oxygen atoms in total. The van der Waals surface area contributed by atoms with Crippen LogP contribution in [0, 0.1) is 6.92 Å². The van der Waals surface area contributed by atoms with E-state index in [0.29, 0.717) is 24.0 Å². The minimum atomic E-state index is -0.370. The lowest BCUT2D eigenvalue weighted by Crippen LogP contribution is -2.09. The summed E-state index contributed by atoms with van der Waals surface area (Å²) in [5, 5.41) is 10.3. The van der Waals surface area contributed by atoms with Gasteiger partial charge in [-0.3, -0.25) is 0 Å². The maximum absolute atomic E-state index is 12.3. The normalized spacial score (nSPS) is 10.8. The van der Waals surface area contributed by atoms with Crippen LogP contribution in [0.15, 0.2) is 48.5 Å². The first kappa shape index (κ1) is 14.2. The Morgan fingerprint density at radius 3 is 2.73 bits per heavy atom. The van der Waals surface area contributed by atoms with Gasteiger partial charge in [0.05, 0.1) is 12.2 Å². The van der Waals surface area contributed by atoms with Gasteiger partial charge in [-0.15, -0.1) is 0 Å². The summed E-state index contributed by atoms with van der Waals surface area (Å²) in [6, 6.07) is 14.8. The number of carbonyl (C=O) groups is 1. The van der Waals surface area contributed by atoms with E-state index in [0.717, 1.165) is 16.8 Å². The van der Waals surface area contributed by atoms with Gasteiger partial charge in [0, 0.05) is 23.0 Å². The zero-order valence-electron chi connectivity index (χ0n) is 12.3. The molecule has 3 aromatic rings. The third-order valence-corrected chi connectivity index (χ3v) is 3.64. The molecule has 0 saturated heterocycles. The number of nitrogens with one attached hydrogen (secondary N) is 1. The monoisotopic (exact) mass is 295 g/mol. The lowest BCUT2D eigenvalue weighted by Gasteiger charge is -2.05. The topological polar surface area (TPSA) is 62.3 Å². The van der Waals surface area contributed by atoms with Crippen LogP contribution >= 0.6 is 0 Å². The van der Waals surface area contributed by atoms with Crippen molar-refractivity contribution in [2.45, 2.75) is 13.3 Å². The molecule has 0 aliphatic carbocycles. The summed E-state index contributed by atoms with van der Waals surface area (Å²) in [4.78, 5) is 15.4. The van der Waals surface area contributed by atoms with Crippen LogP contribution in [0.2, 0.25) is 0 Å². The van der Waals surface area contributed by atoms with Crippen molar-refractivity contribution in [3.63, 3.8) is 0 Å². The molecule has 0 amide bonds. The van der Waals surface area contributed by atoms with Crippen LogP contribution in [0.1, 0.15) is 21.6 Å². The van der Waals surface area contributed by atoms with Gasteiger partial charge in [0.25, 0.3) is 0 Å². The molecule has 0 aliphatic rings. The van der Waals surface area contributed by atoms with Crippen LogP contribution in [0.25, 0.3) is 10.9 Å². The third-order valence-electron chi connectivity index (χ3n) is 3.64. The zero-order chi connectivity index (χ0) is 15.5. The number of aromatic amines is 1. The number of benzene rings is 2. The maximum atomic E-state index is 12.3. The number of esters is 1. The molecule has 2 aromatic carbocycles. The van der Waals surface area contributed by atoms with Gasteiger partial charge >= 0.3 is 5.97 Å². The Morgan fingerprint density at radius 1 is 1.18 bits per heavy atom. The lowest BCUT2D eigenvalue weighted by molar-refractivity contribution is 0.0511. The molecule has 0 spiro atoms. The number of H-pyrrole nitrogens is 1. The van der Waals surface area contributed by atoms with E-state index in [1.807, 2.05) is 37.3 Å². The van der Waals surface area contributed by atoms with E-state index in [4.69, 9.17) is 4.74 Å². The average molecular weight is 295 g/mol. The highest BCUT2D eigenvalue weighted by molar-refractivity contribution is 6.05.